The van der Waals surface area contributed by atoms with Gasteiger partial charge in [-0.05, 0) is 22.6 Å². The second-order valence-electron chi connectivity index (χ2n) is 6.85. The summed E-state index contributed by atoms with van der Waals surface area (Å²) in [6.07, 6.45) is 0. The SMILES string of the molecule is CC(C)(C)c1ccccc1OCC(=O)N[C@H](C(N)=O)c1ccccc1. The van der Waals surface area contributed by atoms with Crippen LogP contribution in [0.1, 0.15) is 37.9 Å². The van der Waals surface area contributed by atoms with Crippen molar-refractivity contribution in [2.24, 2.45) is 5.73 Å². The van der Waals surface area contributed by atoms with Crippen molar-refractivity contribution in [1.29, 1.82) is 0 Å². The lowest BCUT2D eigenvalue weighted by molar-refractivity contribution is -0.128. The summed E-state index contributed by atoms with van der Waals surface area (Å²) in [7, 11) is 0. The number of nitrogens with one attached hydrogen (secondary N) is 1. The molecule has 0 aliphatic heterocycles. The van der Waals surface area contributed by atoms with Crippen molar-refractivity contribution in [1.82, 2.24) is 5.32 Å². The Morgan fingerprint density at radius 3 is 2.24 bits per heavy atom. The zero-order valence-electron chi connectivity index (χ0n) is 14.8. The van der Waals surface area contributed by atoms with Gasteiger partial charge < -0.3 is 15.8 Å². The van der Waals surface area contributed by atoms with Crippen LogP contribution in [0.25, 0.3) is 0 Å². The van der Waals surface area contributed by atoms with E-state index in [0.717, 1.165) is 5.56 Å². The molecule has 0 spiro atoms. The van der Waals surface area contributed by atoms with E-state index >= 15 is 0 Å². The minimum atomic E-state index is -0.879. The van der Waals surface area contributed by atoms with Gasteiger partial charge in [-0.25, -0.2) is 0 Å². The van der Waals surface area contributed by atoms with Gasteiger partial charge in [0.05, 0.1) is 0 Å². The average molecular weight is 340 g/mol. The molecule has 2 aromatic carbocycles. The fraction of sp³-hybridized carbons (Fsp3) is 0.300. The standard InChI is InChI=1S/C20H24N2O3/c1-20(2,3)15-11-7-8-12-16(15)25-13-17(23)22-18(19(21)24)14-9-5-4-6-10-14/h4-12,18H,13H2,1-3H3,(H2,21,24)(H,22,23)/t18-/m0/s1. The largest absolute Gasteiger partial charge is 0.483 e. The normalized spacial score (nSPS) is 12.3. The van der Waals surface area contributed by atoms with E-state index in [2.05, 4.69) is 26.1 Å². The molecular weight excluding hydrogens is 316 g/mol. The molecule has 0 aliphatic rings. The lowest BCUT2D eigenvalue weighted by atomic mass is 9.86. The summed E-state index contributed by atoms with van der Waals surface area (Å²) in [5.41, 5.74) is 6.96. The Balaban J connectivity index is 2.05. The molecule has 5 heteroatoms. The molecule has 25 heavy (non-hydrogen) atoms. The van der Waals surface area contributed by atoms with Crippen LogP contribution in [0.2, 0.25) is 0 Å². The number of ether oxygens (including phenoxy) is 1. The lowest BCUT2D eigenvalue weighted by Crippen LogP contribution is -2.39. The third kappa shape index (κ3) is 5.08. The van der Waals surface area contributed by atoms with Crippen LogP contribution in [-0.4, -0.2) is 18.4 Å². The first kappa shape index (κ1) is 18.5. The molecule has 0 aromatic heterocycles. The van der Waals surface area contributed by atoms with Gasteiger partial charge in [-0.1, -0.05) is 69.3 Å². The minimum Gasteiger partial charge on any atom is -0.483 e. The van der Waals surface area contributed by atoms with E-state index < -0.39 is 17.9 Å². The van der Waals surface area contributed by atoms with Gasteiger partial charge in [-0.15, -0.1) is 0 Å². The van der Waals surface area contributed by atoms with Gasteiger partial charge in [0.1, 0.15) is 11.8 Å². The summed E-state index contributed by atoms with van der Waals surface area (Å²) in [5.74, 6) is -0.369. The summed E-state index contributed by atoms with van der Waals surface area (Å²) in [6.45, 7) is 6.04. The number of hydrogen-bond acceptors (Lipinski definition) is 3. The van der Waals surface area contributed by atoms with Crippen LogP contribution < -0.4 is 15.8 Å². The molecular formula is C20H24N2O3. The highest BCUT2D eigenvalue weighted by molar-refractivity contribution is 5.88. The summed E-state index contributed by atoms with van der Waals surface area (Å²) in [5, 5.41) is 2.62. The maximum Gasteiger partial charge on any atom is 0.258 e. The van der Waals surface area contributed by atoms with Crippen molar-refractivity contribution >= 4 is 11.8 Å². The molecule has 0 unspecified atom stereocenters. The Morgan fingerprint density at radius 2 is 1.64 bits per heavy atom. The highest BCUT2D eigenvalue weighted by atomic mass is 16.5. The summed E-state index contributed by atoms with van der Waals surface area (Å²) in [4.78, 5) is 23.9. The Bertz CT molecular complexity index is 736. The number of para-hydroxylation sites is 1. The lowest BCUT2D eigenvalue weighted by Gasteiger charge is -2.23. The molecule has 0 aliphatic carbocycles. The molecule has 0 saturated heterocycles. The van der Waals surface area contributed by atoms with Gasteiger partial charge in [0.15, 0.2) is 6.61 Å². The van der Waals surface area contributed by atoms with Crippen molar-refractivity contribution in [3.8, 4) is 5.75 Å². The van der Waals surface area contributed by atoms with Gasteiger partial charge in [-0.3, -0.25) is 9.59 Å². The predicted molar refractivity (Wildman–Crippen MR) is 97.2 cm³/mol. The topological polar surface area (TPSA) is 81.4 Å². The molecule has 2 rings (SSSR count). The van der Waals surface area contributed by atoms with Crippen molar-refractivity contribution in [2.45, 2.75) is 32.2 Å². The first-order valence-corrected chi connectivity index (χ1v) is 8.15. The van der Waals surface area contributed by atoms with E-state index in [4.69, 9.17) is 10.5 Å². The van der Waals surface area contributed by atoms with Crippen molar-refractivity contribution in [3.63, 3.8) is 0 Å². The molecule has 0 heterocycles. The first-order chi connectivity index (χ1) is 11.8. The summed E-state index contributed by atoms with van der Waals surface area (Å²) in [6, 6.07) is 15.6. The van der Waals surface area contributed by atoms with Gasteiger partial charge in [0.25, 0.3) is 5.91 Å². The second kappa shape index (κ2) is 7.83. The average Bonchev–Trinajstić information content (AvgIpc) is 2.58. The van der Waals surface area contributed by atoms with E-state index in [9.17, 15) is 9.59 Å². The van der Waals surface area contributed by atoms with E-state index in [-0.39, 0.29) is 12.0 Å². The van der Waals surface area contributed by atoms with Gasteiger partial charge in [0.2, 0.25) is 5.91 Å². The van der Waals surface area contributed by atoms with Gasteiger partial charge >= 0.3 is 0 Å². The molecule has 5 nitrogen and oxygen atoms in total. The monoisotopic (exact) mass is 340 g/mol. The zero-order valence-corrected chi connectivity index (χ0v) is 14.8. The van der Waals surface area contributed by atoms with Gasteiger partial charge in [-0.2, -0.15) is 0 Å². The Labute approximate surface area is 148 Å². The van der Waals surface area contributed by atoms with E-state index in [1.54, 1.807) is 24.3 Å². The molecule has 3 N–H and O–H groups in total. The minimum absolute atomic E-state index is 0.104. The molecule has 1 atom stereocenters. The molecule has 0 fully saturated rings. The maximum absolute atomic E-state index is 12.2. The number of amides is 2. The van der Waals surface area contributed by atoms with E-state index in [0.29, 0.717) is 11.3 Å². The number of nitrogens with two attached hydrogens (primary N) is 1. The quantitative estimate of drug-likeness (QED) is 0.848. The van der Waals surface area contributed by atoms with Crippen LogP contribution in [0, 0.1) is 0 Å². The number of hydrogen-bond donors (Lipinski definition) is 2. The highest BCUT2D eigenvalue weighted by Gasteiger charge is 2.22. The van der Waals surface area contributed by atoms with Crippen molar-refractivity contribution < 1.29 is 14.3 Å². The Hall–Kier alpha value is -2.82. The molecule has 2 amide bonds. The van der Waals surface area contributed by atoms with Crippen LogP contribution in [0.15, 0.2) is 54.6 Å². The molecule has 0 saturated carbocycles. The highest BCUT2D eigenvalue weighted by Crippen LogP contribution is 2.30. The fourth-order valence-corrected chi connectivity index (χ4v) is 2.52. The molecule has 2 aromatic rings. The number of primary amides is 1. The third-order valence-electron chi connectivity index (χ3n) is 3.78. The maximum atomic E-state index is 12.2. The van der Waals surface area contributed by atoms with Crippen LogP contribution >= 0.6 is 0 Å². The number of benzene rings is 2. The Kier molecular flexibility index (Phi) is 5.80. The van der Waals surface area contributed by atoms with E-state index in [1.165, 1.54) is 0 Å². The molecule has 0 radical (unpaired) electrons. The van der Waals surface area contributed by atoms with Crippen molar-refractivity contribution in [2.75, 3.05) is 6.61 Å². The summed E-state index contributed by atoms with van der Waals surface area (Å²) >= 11 is 0. The van der Waals surface area contributed by atoms with Crippen LogP contribution in [0.5, 0.6) is 5.75 Å². The third-order valence-corrected chi connectivity index (χ3v) is 3.78. The van der Waals surface area contributed by atoms with Crippen molar-refractivity contribution in [3.05, 3.63) is 65.7 Å². The van der Waals surface area contributed by atoms with Crippen LogP contribution in [0.4, 0.5) is 0 Å². The number of carbonyl (C=O) groups excluding carboxylic acids is 2. The number of carbonyl (C=O) groups is 2. The molecule has 0 bridgehead atoms. The Morgan fingerprint density at radius 1 is 1.04 bits per heavy atom. The van der Waals surface area contributed by atoms with Crippen LogP contribution in [0.3, 0.4) is 0 Å². The predicted octanol–water partition coefficient (Wildman–Crippen LogP) is 2.71. The zero-order chi connectivity index (χ0) is 18.4. The van der Waals surface area contributed by atoms with E-state index in [1.807, 2.05) is 30.3 Å². The smallest absolute Gasteiger partial charge is 0.258 e. The second-order valence-corrected chi connectivity index (χ2v) is 6.85. The summed E-state index contributed by atoms with van der Waals surface area (Å²) < 4.78 is 5.68. The van der Waals surface area contributed by atoms with Gasteiger partial charge in [0, 0.05) is 0 Å². The first-order valence-electron chi connectivity index (χ1n) is 8.15. The van der Waals surface area contributed by atoms with Crippen LogP contribution in [-0.2, 0) is 15.0 Å². The molecule has 132 valence electrons. The number of rotatable bonds is 6. The fourth-order valence-electron chi connectivity index (χ4n) is 2.52.